The average molecular weight is 489 g/mol. The van der Waals surface area contributed by atoms with Gasteiger partial charge in [-0.25, -0.2) is 9.78 Å². The minimum Gasteiger partial charge on any atom is -0.480 e. The van der Waals surface area contributed by atoms with Crippen LogP contribution in [-0.4, -0.2) is 45.9 Å². The average Bonchev–Trinajstić information content (AvgIpc) is 3.19. The van der Waals surface area contributed by atoms with Crippen LogP contribution in [0.2, 0.25) is 0 Å². The molecule has 0 bridgehead atoms. The lowest BCUT2D eigenvalue weighted by Gasteiger charge is -2.23. The summed E-state index contributed by atoms with van der Waals surface area (Å²) in [6.45, 7) is 7.61. The number of aliphatic carboxylic acids is 1. The molecule has 1 aromatic heterocycles. The SMILES string of the molecule is CC(C)C[C@H](NC(=O)[C@H](CC(C)C)NC(=O)c1ccc(-c2csc(N=C(N)N)n2)cc1)C(=O)O. The van der Waals surface area contributed by atoms with Crippen molar-refractivity contribution in [3.05, 3.63) is 35.2 Å². The predicted octanol–water partition coefficient (Wildman–Crippen LogP) is 2.47. The fraction of sp³-hybridized carbons (Fsp3) is 0.435. The molecule has 11 heteroatoms. The number of aromatic nitrogens is 1. The third-order valence-electron chi connectivity index (χ3n) is 4.81. The van der Waals surface area contributed by atoms with Crippen molar-refractivity contribution >= 4 is 40.2 Å². The molecule has 0 aliphatic heterocycles. The maximum Gasteiger partial charge on any atom is 0.326 e. The number of thiazole rings is 1. The minimum absolute atomic E-state index is 0.0770. The summed E-state index contributed by atoms with van der Waals surface area (Å²) in [5, 5.41) is 17.0. The van der Waals surface area contributed by atoms with E-state index < -0.39 is 29.9 Å². The third kappa shape index (κ3) is 8.14. The second-order valence-corrected chi connectivity index (χ2v) is 9.65. The van der Waals surface area contributed by atoms with Crippen molar-refractivity contribution in [2.45, 2.75) is 52.6 Å². The van der Waals surface area contributed by atoms with Crippen LogP contribution in [0.5, 0.6) is 0 Å². The van der Waals surface area contributed by atoms with Crippen molar-refractivity contribution in [1.29, 1.82) is 0 Å². The molecule has 10 nitrogen and oxygen atoms in total. The highest BCUT2D eigenvalue weighted by Gasteiger charge is 2.28. The second-order valence-electron chi connectivity index (χ2n) is 8.81. The van der Waals surface area contributed by atoms with Crippen LogP contribution in [-0.2, 0) is 9.59 Å². The zero-order valence-corrected chi connectivity index (χ0v) is 20.6. The summed E-state index contributed by atoms with van der Waals surface area (Å²) >= 11 is 1.29. The monoisotopic (exact) mass is 488 g/mol. The van der Waals surface area contributed by atoms with Gasteiger partial charge in [-0.05, 0) is 36.8 Å². The third-order valence-corrected chi connectivity index (χ3v) is 5.54. The summed E-state index contributed by atoms with van der Waals surface area (Å²) < 4.78 is 0. The number of carbonyl (C=O) groups is 3. The molecular formula is C23H32N6O4S. The number of carbonyl (C=O) groups excluding carboxylic acids is 2. The van der Waals surface area contributed by atoms with Gasteiger partial charge in [-0.2, -0.15) is 4.99 Å². The summed E-state index contributed by atoms with van der Waals surface area (Å²) in [7, 11) is 0. The molecule has 0 saturated heterocycles. The van der Waals surface area contributed by atoms with Crippen LogP contribution in [0.4, 0.5) is 5.13 Å². The van der Waals surface area contributed by atoms with E-state index in [1.165, 1.54) is 11.3 Å². The van der Waals surface area contributed by atoms with Gasteiger partial charge in [-0.3, -0.25) is 9.59 Å². The predicted molar refractivity (Wildman–Crippen MR) is 133 cm³/mol. The van der Waals surface area contributed by atoms with Crippen molar-refractivity contribution < 1.29 is 19.5 Å². The molecular weight excluding hydrogens is 456 g/mol. The maximum absolute atomic E-state index is 12.8. The number of nitrogens with zero attached hydrogens (tertiary/aromatic N) is 2. The van der Waals surface area contributed by atoms with Crippen LogP contribution in [0.15, 0.2) is 34.6 Å². The van der Waals surface area contributed by atoms with E-state index >= 15 is 0 Å². The Balaban J connectivity index is 2.12. The minimum atomic E-state index is -1.10. The van der Waals surface area contributed by atoms with Gasteiger partial charge in [0.1, 0.15) is 12.1 Å². The van der Waals surface area contributed by atoms with Crippen LogP contribution in [0, 0.1) is 11.8 Å². The van der Waals surface area contributed by atoms with Gasteiger partial charge in [-0.15, -0.1) is 11.3 Å². The normalized spacial score (nSPS) is 12.8. The number of guanidine groups is 1. The number of nitrogens with two attached hydrogens (primary N) is 2. The van der Waals surface area contributed by atoms with Crippen molar-refractivity contribution in [3.8, 4) is 11.3 Å². The molecule has 2 atom stereocenters. The molecule has 2 aromatic rings. The lowest BCUT2D eigenvalue weighted by atomic mass is 10.00. The number of carboxylic acid groups (broad SMARTS) is 1. The van der Waals surface area contributed by atoms with E-state index in [4.69, 9.17) is 11.5 Å². The Hall–Kier alpha value is -3.47. The van der Waals surface area contributed by atoms with Crippen molar-refractivity contribution in [3.63, 3.8) is 0 Å². The molecule has 0 aliphatic rings. The maximum atomic E-state index is 12.8. The van der Waals surface area contributed by atoms with E-state index in [1.807, 2.05) is 27.7 Å². The molecule has 0 radical (unpaired) electrons. The molecule has 2 amide bonds. The Labute approximate surface area is 202 Å². The first kappa shape index (κ1) is 26.8. The fourth-order valence-electron chi connectivity index (χ4n) is 3.26. The van der Waals surface area contributed by atoms with Crippen molar-refractivity contribution in [1.82, 2.24) is 15.6 Å². The first-order valence-electron chi connectivity index (χ1n) is 11.0. The van der Waals surface area contributed by atoms with Gasteiger partial charge < -0.3 is 27.2 Å². The van der Waals surface area contributed by atoms with Crippen LogP contribution in [0.3, 0.4) is 0 Å². The van der Waals surface area contributed by atoms with Crippen LogP contribution in [0.25, 0.3) is 11.3 Å². The Morgan fingerprint density at radius 2 is 1.59 bits per heavy atom. The van der Waals surface area contributed by atoms with E-state index in [0.717, 1.165) is 5.56 Å². The molecule has 0 fully saturated rings. The molecule has 2 rings (SSSR count). The Morgan fingerprint density at radius 1 is 1.00 bits per heavy atom. The lowest BCUT2D eigenvalue weighted by molar-refractivity contribution is -0.142. The standard InChI is InChI=1S/C23H32N6O4S/c1-12(2)9-16(20(31)27-17(21(32)33)10-13(3)4)26-19(30)15-7-5-14(6-8-15)18-11-34-23(28-18)29-22(24)25/h5-8,11-13,16-17H,9-10H2,1-4H3,(H,26,30)(H,27,31)(H,32,33)(H4,24,25,28,29)/t16-,17-/m0/s1. The number of carboxylic acids is 1. The number of amides is 2. The zero-order valence-electron chi connectivity index (χ0n) is 19.7. The van der Waals surface area contributed by atoms with E-state index in [2.05, 4.69) is 20.6 Å². The molecule has 0 unspecified atom stereocenters. The zero-order chi connectivity index (χ0) is 25.4. The lowest BCUT2D eigenvalue weighted by Crippen LogP contribution is -2.52. The van der Waals surface area contributed by atoms with Gasteiger partial charge in [0.2, 0.25) is 11.0 Å². The van der Waals surface area contributed by atoms with Gasteiger partial charge in [0.15, 0.2) is 5.96 Å². The molecule has 184 valence electrons. The second kappa shape index (κ2) is 12.1. The number of benzene rings is 1. The van der Waals surface area contributed by atoms with Gasteiger partial charge in [0, 0.05) is 16.5 Å². The van der Waals surface area contributed by atoms with Gasteiger partial charge >= 0.3 is 5.97 Å². The van der Waals surface area contributed by atoms with E-state index in [0.29, 0.717) is 29.2 Å². The molecule has 1 aromatic carbocycles. The van der Waals surface area contributed by atoms with Crippen molar-refractivity contribution in [2.24, 2.45) is 28.3 Å². The van der Waals surface area contributed by atoms with Crippen LogP contribution < -0.4 is 22.1 Å². The van der Waals surface area contributed by atoms with E-state index in [9.17, 15) is 19.5 Å². The van der Waals surface area contributed by atoms with Crippen LogP contribution in [0.1, 0.15) is 50.9 Å². The first-order chi connectivity index (χ1) is 16.0. The Bertz CT molecular complexity index is 1030. The molecule has 0 saturated carbocycles. The van der Waals surface area contributed by atoms with Crippen molar-refractivity contribution in [2.75, 3.05) is 0 Å². The summed E-state index contributed by atoms with van der Waals surface area (Å²) in [6, 6.07) is 4.87. The highest BCUT2D eigenvalue weighted by molar-refractivity contribution is 7.13. The Kier molecular flexibility index (Phi) is 9.55. The molecule has 1 heterocycles. The molecule has 0 aliphatic carbocycles. The quantitative estimate of drug-likeness (QED) is 0.239. The highest BCUT2D eigenvalue weighted by Crippen LogP contribution is 2.26. The van der Waals surface area contributed by atoms with Crippen LogP contribution >= 0.6 is 11.3 Å². The number of nitrogens with one attached hydrogen (secondary N) is 2. The number of aliphatic imine (C=N–C) groups is 1. The van der Waals surface area contributed by atoms with E-state index in [1.54, 1.807) is 29.6 Å². The van der Waals surface area contributed by atoms with Gasteiger partial charge in [-0.1, -0.05) is 39.8 Å². The number of hydrogen-bond acceptors (Lipinski definition) is 6. The molecule has 0 spiro atoms. The van der Waals surface area contributed by atoms with Gasteiger partial charge in [0.25, 0.3) is 5.91 Å². The Morgan fingerprint density at radius 3 is 2.12 bits per heavy atom. The summed E-state index contributed by atoms with van der Waals surface area (Å²) in [6.07, 6.45) is 0.669. The first-order valence-corrected chi connectivity index (χ1v) is 11.8. The van der Waals surface area contributed by atoms with E-state index in [-0.39, 0.29) is 17.8 Å². The molecule has 7 N–H and O–H groups in total. The fourth-order valence-corrected chi connectivity index (χ4v) is 3.98. The largest absolute Gasteiger partial charge is 0.480 e. The number of hydrogen-bond donors (Lipinski definition) is 5. The highest BCUT2D eigenvalue weighted by atomic mass is 32.1. The van der Waals surface area contributed by atoms with Gasteiger partial charge in [0.05, 0.1) is 5.69 Å². The topological polar surface area (TPSA) is 173 Å². The molecule has 34 heavy (non-hydrogen) atoms. The summed E-state index contributed by atoms with van der Waals surface area (Å²) in [4.78, 5) is 45.5. The summed E-state index contributed by atoms with van der Waals surface area (Å²) in [5.41, 5.74) is 12.5. The number of rotatable bonds is 11. The summed E-state index contributed by atoms with van der Waals surface area (Å²) in [5.74, 6) is -1.92. The smallest absolute Gasteiger partial charge is 0.326 e.